The smallest absolute Gasteiger partial charge is 0.339 e. The van der Waals surface area contributed by atoms with Crippen LogP contribution in [0.3, 0.4) is 0 Å². The first-order valence-corrected chi connectivity index (χ1v) is 9.79. The summed E-state index contributed by atoms with van der Waals surface area (Å²) in [7, 11) is 0. The van der Waals surface area contributed by atoms with Gasteiger partial charge in [0.25, 0.3) is 0 Å². The lowest BCUT2D eigenvalue weighted by molar-refractivity contribution is 0.0476. The van der Waals surface area contributed by atoms with Crippen molar-refractivity contribution >= 4 is 45.9 Å². The quantitative estimate of drug-likeness (QED) is 0.354. The highest BCUT2D eigenvalue weighted by molar-refractivity contribution is 6.36. The van der Waals surface area contributed by atoms with E-state index in [0.717, 1.165) is 30.5 Å². The molecule has 0 saturated carbocycles. The van der Waals surface area contributed by atoms with E-state index in [0.29, 0.717) is 16.0 Å². The van der Waals surface area contributed by atoms with Crippen molar-refractivity contribution in [2.75, 3.05) is 6.61 Å². The van der Waals surface area contributed by atoms with Gasteiger partial charge in [0.15, 0.2) is 6.61 Å². The molecule has 0 unspecified atom stereocenters. The lowest BCUT2D eigenvalue weighted by Crippen LogP contribution is -2.15. The predicted octanol–water partition coefficient (Wildman–Crippen LogP) is 5.92. The number of halogens is 2. The standard InChI is InChI=1S/C22H19Cl2NO3/c1-2-3-6-15-12-18(16-7-4-5-8-20(16)25-15)22(27)28-13-21(26)17-10-9-14(23)11-19(17)24/h4-5,7-12H,2-3,6,13H2,1H3. The van der Waals surface area contributed by atoms with Gasteiger partial charge in [0.2, 0.25) is 5.78 Å². The van der Waals surface area contributed by atoms with E-state index in [9.17, 15) is 9.59 Å². The normalized spacial score (nSPS) is 10.8. The molecule has 1 heterocycles. The molecule has 0 atom stereocenters. The molecular formula is C22H19Cl2NO3. The third-order valence-electron chi connectivity index (χ3n) is 4.34. The van der Waals surface area contributed by atoms with E-state index in [1.54, 1.807) is 12.1 Å². The molecule has 28 heavy (non-hydrogen) atoms. The van der Waals surface area contributed by atoms with Gasteiger partial charge in [0.1, 0.15) is 0 Å². The van der Waals surface area contributed by atoms with Crippen LogP contribution >= 0.6 is 23.2 Å². The van der Waals surface area contributed by atoms with Crippen LogP contribution in [0.2, 0.25) is 10.0 Å². The summed E-state index contributed by atoms with van der Waals surface area (Å²) >= 11 is 11.9. The van der Waals surface area contributed by atoms with Crippen LogP contribution in [0.15, 0.2) is 48.5 Å². The van der Waals surface area contributed by atoms with Gasteiger partial charge in [-0.05, 0) is 43.2 Å². The van der Waals surface area contributed by atoms with Crippen molar-refractivity contribution in [2.45, 2.75) is 26.2 Å². The Morgan fingerprint density at radius 3 is 2.57 bits per heavy atom. The van der Waals surface area contributed by atoms with Crippen molar-refractivity contribution in [3.63, 3.8) is 0 Å². The lowest BCUT2D eigenvalue weighted by atomic mass is 10.1. The zero-order valence-electron chi connectivity index (χ0n) is 15.4. The van der Waals surface area contributed by atoms with Crippen LogP contribution in [0, 0.1) is 0 Å². The van der Waals surface area contributed by atoms with Crippen molar-refractivity contribution in [3.8, 4) is 0 Å². The molecule has 4 nitrogen and oxygen atoms in total. The molecule has 1 aromatic heterocycles. The number of para-hydroxylation sites is 1. The Hall–Kier alpha value is -2.43. The topological polar surface area (TPSA) is 56.3 Å². The zero-order chi connectivity index (χ0) is 20.1. The summed E-state index contributed by atoms with van der Waals surface area (Å²) in [5, 5.41) is 1.36. The summed E-state index contributed by atoms with van der Waals surface area (Å²) in [5.74, 6) is -0.950. The summed E-state index contributed by atoms with van der Waals surface area (Å²) in [4.78, 5) is 29.7. The number of ketones is 1. The van der Waals surface area contributed by atoms with Crippen molar-refractivity contribution in [1.29, 1.82) is 0 Å². The number of ether oxygens (including phenoxy) is 1. The number of rotatable bonds is 7. The summed E-state index contributed by atoms with van der Waals surface area (Å²) in [5.41, 5.74) is 2.24. The third kappa shape index (κ3) is 4.70. The maximum absolute atomic E-state index is 12.7. The van der Waals surface area contributed by atoms with Crippen LogP contribution in [0.5, 0.6) is 0 Å². The van der Waals surface area contributed by atoms with Crippen molar-refractivity contribution in [1.82, 2.24) is 4.98 Å². The summed E-state index contributed by atoms with van der Waals surface area (Å²) < 4.78 is 5.29. The molecule has 6 heteroatoms. The summed E-state index contributed by atoms with van der Waals surface area (Å²) in [6.07, 6.45) is 2.79. The SMILES string of the molecule is CCCCc1cc(C(=O)OCC(=O)c2ccc(Cl)cc2Cl)c2ccccc2n1. The maximum atomic E-state index is 12.7. The Labute approximate surface area is 173 Å². The first-order chi connectivity index (χ1) is 13.5. The number of nitrogens with zero attached hydrogens (tertiary/aromatic N) is 1. The molecule has 0 bridgehead atoms. The summed E-state index contributed by atoms with van der Waals surface area (Å²) in [6, 6.07) is 13.7. The molecule has 0 amide bonds. The molecule has 0 fully saturated rings. The molecule has 3 aromatic rings. The molecule has 0 aliphatic carbocycles. The van der Waals surface area contributed by atoms with Gasteiger partial charge in [0, 0.05) is 21.7 Å². The number of benzene rings is 2. The molecule has 0 aliphatic rings. The number of Topliss-reactive ketones (excluding diaryl/α,β-unsaturated/α-hetero) is 1. The number of hydrogen-bond donors (Lipinski definition) is 0. The molecule has 144 valence electrons. The fraction of sp³-hybridized carbons (Fsp3) is 0.227. The van der Waals surface area contributed by atoms with Gasteiger partial charge in [-0.15, -0.1) is 0 Å². The highest BCUT2D eigenvalue weighted by Crippen LogP contribution is 2.23. The van der Waals surface area contributed by atoms with E-state index in [4.69, 9.17) is 27.9 Å². The Morgan fingerprint density at radius 2 is 1.82 bits per heavy atom. The van der Waals surface area contributed by atoms with E-state index in [1.807, 2.05) is 24.3 Å². The number of carbonyl (C=O) groups excluding carboxylic acids is 2. The Kier molecular flexibility index (Phi) is 6.65. The van der Waals surface area contributed by atoms with Gasteiger partial charge >= 0.3 is 5.97 Å². The molecule has 0 radical (unpaired) electrons. The minimum atomic E-state index is -0.560. The number of unbranched alkanes of at least 4 members (excludes halogenated alkanes) is 1. The number of hydrogen-bond acceptors (Lipinski definition) is 4. The minimum absolute atomic E-state index is 0.227. The van der Waals surface area contributed by atoms with Gasteiger partial charge < -0.3 is 4.74 Å². The molecule has 2 aromatic carbocycles. The number of aromatic nitrogens is 1. The second kappa shape index (κ2) is 9.18. The van der Waals surface area contributed by atoms with Crippen molar-refractivity contribution < 1.29 is 14.3 Å². The number of esters is 1. The highest BCUT2D eigenvalue weighted by atomic mass is 35.5. The second-order valence-corrected chi connectivity index (χ2v) is 7.25. The van der Waals surface area contributed by atoms with Gasteiger partial charge in [-0.25, -0.2) is 4.79 Å². The largest absolute Gasteiger partial charge is 0.454 e. The number of pyridine rings is 1. The average molecular weight is 416 g/mol. The monoisotopic (exact) mass is 415 g/mol. The Morgan fingerprint density at radius 1 is 1.04 bits per heavy atom. The van der Waals surface area contributed by atoms with Crippen LogP contribution in [-0.2, 0) is 11.2 Å². The predicted molar refractivity (Wildman–Crippen MR) is 111 cm³/mol. The highest BCUT2D eigenvalue weighted by Gasteiger charge is 2.17. The van der Waals surface area contributed by atoms with Crippen molar-refractivity contribution in [2.24, 2.45) is 0 Å². The maximum Gasteiger partial charge on any atom is 0.339 e. The molecule has 0 N–H and O–H groups in total. The van der Waals surface area contributed by atoms with Crippen LogP contribution in [0.1, 0.15) is 46.2 Å². The number of aryl methyl sites for hydroxylation is 1. The van der Waals surface area contributed by atoms with Gasteiger partial charge in [-0.3, -0.25) is 9.78 Å². The van der Waals surface area contributed by atoms with Crippen LogP contribution in [0.25, 0.3) is 10.9 Å². The second-order valence-electron chi connectivity index (χ2n) is 6.41. The van der Waals surface area contributed by atoms with Gasteiger partial charge in [-0.1, -0.05) is 54.7 Å². The first-order valence-electron chi connectivity index (χ1n) is 9.03. The van der Waals surface area contributed by atoms with Gasteiger partial charge in [-0.2, -0.15) is 0 Å². The zero-order valence-corrected chi connectivity index (χ0v) is 16.9. The van der Waals surface area contributed by atoms with Crippen LogP contribution < -0.4 is 0 Å². The molecule has 0 saturated heterocycles. The average Bonchev–Trinajstić information content (AvgIpc) is 2.69. The molecule has 0 spiro atoms. The van der Waals surface area contributed by atoms with Crippen molar-refractivity contribution in [3.05, 3.63) is 75.4 Å². The van der Waals surface area contributed by atoms with E-state index in [2.05, 4.69) is 11.9 Å². The lowest BCUT2D eigenvalue weighted by Gasteiger charge is -2.10. The van der Waals surface area contributed by atoms with E-state index >= 15 is 0 Å². The fourth-order valence-electron chi connectivity index (χ4n) is 2.89. The number of fused-ring (bicyclic) bond motifs is 1. The summed E-state index contributed by atoms with van der Waals surface area (Å²) in [6.45, 7) is 1.70. The van der Waals surface area contributed by atoms with E-state index in [1.165, 1.54) is 12.1 Å². The molecule has 3 rings (SSSR count). The Balaban J connectivity index is 1.81. The van der Waals surface area contributed by atoms with Crippen LogP contribution in [0.4, 0.5) is 0 Å². The van der Waals surface area contributed by atoms with E-state index in [-0.39, 0.29) is 16.4 Å². The van der Waals surface area contributed by atoms with Gasteiger partial charge in [0.05, 0.1) is 16.1 Å². The minimum Gasteiger partial charge on any atom is -0.454 e. The number of carbonyl (C=O) groups is 2. The molecule has 0 aliphatic heterocycles. The molecular weight excluding hydrogens is 397 g/mol. The van der Waals surface area contributed by atoms with Crippen LogP contribution in [-0.4, -0.2) is 23.3 Å². The Bertz CT molecular complexity index is 1030. The first kappa shape index (κ1) is 20.3. The fourth-order valence-corrected chi connectivity index (χ4v) is 3.40. The third-order valence-corrected chi connectivity index (χ3v) is 4.89. The van der Waals surface area contributed by atoms with E-state index < -0.39 is 12.6 Å².